The van der Waals surface area contributed by atoms with Gasteiger partial charge in [0.15, 0.2) is 5.82 Å². The normalized spacial score (nSPS) is 15.1. The summed E-state index contributed by atoms with van der Waals surface area (Å²) >= 11 is 0. The average molecular weight is 463 g/mol. The second-order valence-electron chi connectivity index (χ2n) is 8.46. The Morgan fingerprint density at radius 1 is 1.18 bits per heavy atom. The lowest BCUT2D eigenvalue weighted by Crippen LogP contribution is -2.39. The first-order chi connectivity index (χ1) is 16.4. The highest BCUT2D eigenvalue weighted by Gasteiger charge is 2.27. The molecular formula is C26H27FN4O3. The van der Waals surface area contributed by atoms with Crippen LogP contribution in [0.4, 0.5) is 10.2 Å². The molecule has 0 spiro atoms. The van der Waals surface area contributed by atoms with Crippen molar-refractivity contribution in [2.45, 2.75) is 38.6 Å². The number of halogens is 1. The molecule has 2 aromatic carbocycles. The van der Waals surface area contributed by atoms with E-state index in [2.05, 4.69) is 22.4 Å². The number of likely N-dealkylation sites (N-methyl/N-ethyl adjacent to an activating group) is 1. The Hall–Kier alpha value is -3.65. The Labute approximate surface area is 197 Å². The maximum Gasteiger partial charge on any atom is 0.301 e. The smallest absolute Gasteiger partial charge is 0.301 e. The van der Waals surface area contributed by atoms with Crippen LogP contribution in [0.5, 0.6) is 0 Å². The minimum atomic E-state index is -0.717. The molecule has 0 aliphatic heterocycles. The summed E-state index contributed by atoms with van der Waals surface area (Å²) in [5.41, 5.74) is 2.46. The van der Waals surface area contributed by atoms with E-state index >= 15 is 0 Å². The fourth-order valence-electron chi connectivity index (χ4n) is 4.41. The summed E-state index contributed by atoms with van der Waals surface area (Å²) in [6.07, 6.45) is 4.46. The summed E-state index contributed by atoms with van der Waals surface area (Å²) in [4.78, 5) is 44.7. The molecule has 0 radical (unpaired) electrons. The highest BCUT2D eigenvalue weighted by Crippen LogP contribution is 2.33. The van der Waals surface area contributed by atoms with Crippen molar-refractivity contribution in [1.82, 2.24) is 14.5 Å². The molecule has 0 saturated carbocycles. The molecule has 1 amide bonds. The van der Waals surface area contributed by atoms with Gasteiger partial charge in [-0.15, -0.1) is 0 Å². The highest BCUT2D eigenvalue weighted by molar-refractivity contribution is 5.91. The first-order valence-corrected chi connectivity index (χ1v) is 11.4. The van der Waals surface area contributed by atoms with Crippen molar-refractivity contribution in [3.63, 3.8) is 0 Å². The van der Waals surface area contributed by atoms with Crippen LogP contribution in [-0.4, -0.2) is 39.9 Å². The van der Waals surface area contributed by atoms with Crippen LogP contribution in [0.3, 0.4) is 0 Å². The molecule has 4 rings (SSSR count). The van der Waals surface area contributed by atoms with Crippen molar-refractivity contribution in [3.8, 4) is 11.3 Å². The molecule has 1 heterocycles. The second-order valence-corrected chi connectivity index (χ2v) is 8.46. The molecule has 8 heteroatoms. The molecular weight excluding hydrogens is 435 g/mol. The number of carbonyl (C=O) groups is 2. The topological polar surface area (TPSA) is 84.3 Å². The largest absolute Gasteiger partial charge is 0.306 e. The van der Waals surface area contributed by atoms with E-state index in [1.165, 1.54) is 41.6 Å². The van der Waals surface area contributed by atoms with Gasteiger partial charge in [-0.2, -0.15) is 0 Å². The van der Waals surface area contributed by atoms with Gasteiger partial charge in [-0.3, -0.25) is 19.3 Å². The molecule has 1 aromatic heterocycles. The van der Waals surface area contributed by atoms with E-state index in [-0.39, 0.29) is 36.4 Å². The lowest BCUT2D eigenvalue weighted by atomic mass is 9.87. The van der Waals surface area contributed by atoms with Gasteiger partial charge >= 0.3 is 5.56 Å². The number of hydrogen-bond acceptors (Lipinski definition) is 5. The van der Waals surface area contributed by atoms with Gasteiger partial charge in [-0.25, -0.2) is 13.9 Å². The van der Waals surface area contributed by atoms with Crippen LogP contribution in [0.15, 0.2) is 59.5 Å². The Bertz CT molecular complexity index is 1270. The van der Waals surface area contributed by atoms with E-state index < -0.39 is 17.3 Å². The minimum absolute atomic E-state index is 0.0156. The van der Waals surface area contributed by atoms with Crippen LogP contribution in [0.1, 0.15) is 48.1 Å². The third-order valence-electron chi connectivity index (χ3n) is 6.19. The number of aromatic nitrogens is 2. The van der Waals surface area contributed by atoms with Gasteiger partial charge in [-0.05, 0) is 61.7 Å². The Kier molecular flexibility index (Phi) is 6.98. The van der Waals surface area contributed by atoms with Crippen molar-refractivity contribution < 1.29 is 14.0 Å². The summed E-state index contributed by atoms with van der Waals surface area (Å²) < 4.78 is 14.5. The van der Waals surface area contributed by atoms with Gasteiger partial charge in [0, 0.05) is 18.0 Å². The summed E-state index contributed by atoms with van der Waals surface area (Å²) in [5.74, 6) is -1.48. The van der Waals surface area contributed by atoms with Crippen LogP contribution in [0, 0.1) is 5.82 Å². The molecule has 34 heavy (non-hydrogen) atoms. The molecule has 0 fully saturated rings. The molecule has 7 nitrogen and oxygen atoms in total. The standard InChI is InChI=1S/C26H27FN4O3/c1-3-23(32)29-25-26(34)31(22(15-28-25)18-11-13-19(27)14-12-18)24(33)16-30(2)21-10-6-8-17-7-4-5-9-20(17)21/h4-5,7,9,11-15,21H,3,6,8,10,16H2,1-2H3,(H,28,29,32)/t21-/m1/s1. The second kappa shape index (κ2) is 10.1. The maximum atomic E-state index is 13.5. The first kappa shape index (κ1) is 23.5. The fourth-order valence-corrected chi connectivity index (χ4v) is 4.41. The zero-order chi connectivity index (χ0) is 24.2. The zero-order valence-corrected chi connectivity index (χ0v) is 19.3. The zero-order valence-electron chi connectivity index (χ0n) is 19.3. The lowest BCUT2D eigenvalue weighted by molar-refractivity contribution is -0.115. The van der Waals surface area contributed by atoms with E-state index in [4.69, 9.17) is 0 Å². The van der Waals surface area contributed by atoms with E-state index in [1.54, 1.807) is 6.92 Å². The number of carbonyl (C=O) groups excluding carboxylic acids is 2. The molecule has 3 aromatic rings. The van der Waals surface area contributed by atoms with Crippen LogP contribution in [0.2, 0.25) is 0 Å². The van der Waals surface area contributed by atoms with E-state index in [1.807, 2.05) is 24.1 Å². The molecule has 0 bridgehead atoms. The minimum Gasteiger partial charge on any atom is -0.306 e. The highest BCUT2D eigenvalue weighted by atomic mass is 19.1. The van der Waals surface area contributed by atoms with Gasteiger partial charge in [0.25, 0.3) is 0 Å². The molecule has 1 aliphatic rings. The Morgan fingerprint density at radius 2 is 1.91 bits per heavy atom. The molecule has 1 aliphatic carbocycles. The molecule has 176 valence electrons. The average Bonchev–Trinajstić information content (AvgIpc) is 2.85. The van der Waals surface area contributed by atoms with Crippen LogP contribution >= 0.6 is 0 Å². The predicted octanol–water partition coefficient (Wildman–Crippen LogP) is 4.05. The number of fused-ring (bicyclic) bond motifs is 1. The van der Waals surface area contributed by atoms with Crippen molar-refractivity contribution in [3.05, 3.63) is 82.0 Å². The van der Waals surface area contributed by atoms with E-state index in [0.717, 1.165) is 23.8 Å². The third kappa shape index (κ3) is 4.82. The van der Waals surface area contributed by atoms with Crippen molar-refractivity contribution >= 4 is 17.6 Å². The Morgan fingerprint density at radius 3 is 2.65 bits per heavy atom. The summed E-state index contributed by atoms with van der Waals surface area (Å²) in [6, 6.07) is 13.8. The van der Waals surface area contributed by atoms with Gasteiger partial charge in [-0.1, -0.05) is 31.2 Å². The van der Waals surface area contributed by atoms with Crippen molar-refractivity contribution in [2.24, 2.45) is 0 Å². The van der Waals surface area contributed by atoms with Crippen LogP contribution in [0.25, 0.3) is 11.3 Å². The number of benzene rings is 2. The van der Waals surface area contributed by atoms with Crippen LogP contribution in [-0.2, 0) is 11.2 Å². The number of rotatable bonds is 6. The molecule has 1 atom stereocenters. The SMILES string of the molecule is CCC(=O)Nc1ncc(-c2ccc(F)cc2)n(C(=O)CN(C)[C@@H]2CCCc3ccccc32)c1=O. The maximum absolute atomic E-state index is 13.5. The van der Waals surface area contributed by atoms with E-state index in [9.17, 15) is 18.8 Å². The number of hydrogen-bond donors (Lipinski definition) is 1. The van der Waals surface area contributed by atoms with Crippen LogP contribution < -0.4 is 10.9 Å². The third-order valence-corrected chi connectivity index (χ3v) is 6.19. The summed E-state index contributed by atoms with van der Waals surface area (Å²) in [6.45, 7) is 1.64. The van der Waals surface area contributed by atoms with E-state index in [0.29, 0.717) is 5.56 Å². The van der Waals surface area contributed by atoms with Crippen molar-refractivity contribution in [1.29, 1.82) is 0 Å². The molecule has 1 N–H and O–H groups in total. The number of nitrogens with one attached hydrogen (secondary N) is 1. The number of aryl methyl sites for hydroxylation is 1. The summed E-state index contributed by atoms with van der Waals surface area (Å²) in [7, 11) is 1.87. The number of nitrogens with zero attached hydrogens (tertiary/aromatic N) is 3. The molecule has 0 saturated heterocycles. The number of anilines is 1. The monoisotopic (exact) mass is 462 g/mol. The summed E-state index contributed by atoms with van der Waals surface area (Å²) in [5, 5.41) is 2.46. The predicted molar refractivity (Wildman–Crippen MR) is 128 cm³/mol. The van der Waals surface area contributed by atoms with Gasteiger partial charge in [0.05, 0.1) is 18.4 Å². The number of amides is 1. The van der Waals surface area contributed by atoms with Gasteiger partial charge < -0.3 is 5.32 Å². The molecule has 0 unspecified atom stereocenters. The fraction of sp³-hybridized carbons (Fsp3) is 0.308. The van der Waals surface area contributed by atoms with Gasteiger partial charge in [0.2, 0.25) is 11.8 Å². The van der Waals surface area contributed by atoms with Gasteiger partial charge in [0.1, 0.15) is 5.82 Å². The lowest BCUT2D eigenvalue weighted by Gasteiger charge is -2.33. The Balaban J connectivity index is 1.70. The quantitative estimate of drug-likeness (QED) is 0.598. The van der Waals surface area contributed by atoms with Crippen molar-refractivity contribution in [2.75, 3.05) is 18.9 Å². The first-order valence-electron chi connectivity index (χ1n) is 11.4.